The monoisotopic (exact) mass is 292 g/mol. The molecule has 1 amide bonds. The van der Waals surface area contributed by atoms with Gasteiger partial charge in [-0.3, -0.25) is 4.79 Å². The van der Waals surface area contributed by atoms with E-state index in [4.69, 9.17) is 5.11 Å². The Labute approximate surface area is 123 Å². The first-order valence-corrected chi connectivity index (χ1v) is 6.96. The Bertz CT molecular complexity index is 532. The highest BCUT2D eigenvalue weighted by Crippen LogP contribution is 2.12. The molecule has 1 saturated heterocycles. The minimum Gasteiger partial charge on any atom is -0.478 e. The largest absolute Gasteiger partial charge is 0.478 e. The molecular formula is C15H20N2O4. The number of benzene rings is 1. The van der Waals surface area contributed by atoms with E-state index in [2.05, 4.69) is 5.32 Å². The van der Waals surface area contributed by atoms with Gasteiger partial charge in [-0.2, -0.15) is 0 Å². The third-order valence-corrected chi connectivity index (χ3v) is 3.75. The zero-order chi connectivity index (χ0) is 15.4. The number of aromatic carboxylic acids is 1. The van der Waals surface area contributed by atoms with Gasteiger partial charge in [0, 0.05) is 20.1 Å². The number of hydrogen-bond donors (Lipinski definition) is 3. The maximum Gasteiger partial charge on any atom is 0.335 e. The summed E-state index contributed by atoms with van der Waals surface area (Å²) in [4.78, 5) is 24.9. The fourth-order valence-electron chi connectivity index (χ4n) is 2.52. The molecule has 1 aromatic rings. The molecule has 2 unspecified atom stereocenters. The van der Waals surface area contributed by atoms with Crippen molar-refractivity contribution in [2.24, 2.45) is 0 Å². The van der Waals surface area contributed by atoms with Gasteiger partial charge in [-0.05, 0) is 24.5 Å². The zero-order valence-electron chi connectivity index (χ0n) is 12.0. The Morgan fingerprint density at radius 2 is 2.10 bits per heavy atom. The van der Waals surface area contributed by atoms with Crippen molar-refractivity contribution in [1.82, 2.24) is 10.2 Å². The lowest BCUT2D eigenvalue weighted by Crippen LogP contribution is -2.42. The summed E-state index contributed by atoms with van der Waals surface area (Å²) in [5.41, 5.74) is 0.983. The number of aliphatic hydroxyl groups excluding tert-OH is 1. The van der Waals surface area contributed by atoms with E-state index in [1.165, 1.54) is 0 Å². The minimum absolute atomic E-state index is 0.0700. The van der Waals surface area contributed by atoms with Crippen LogP contribution in [0.5, 0.6) is 0 Å². The van der Waals surface area contributed by atoms with E-state index >= 15 is 0 Å². The average molecular weight is 292 g/mol. The first-order chi connectivity index (χ1) is 9.99. The molecule has 1 heterocycles. The van der Waals surface area contributed by atoms with E-state index in [0.717, 1.165) is 0 Å². The highest BCUT2D eigenvalue weighted by Gasteiger charge is 2.29. The van der Waals surface area contributed by atoms with Crippen LogP contribution in [0.15, 0.2) is 24.3 Å². The number of amides is 1. The number of carbonyl (C=O) groups excluding carboxylic acids is 1. The van der Waals surface area contributed by atoms with Crippen LogP contribution in [0.3, 0.4) is 0 Å². The molecule has 114 valence electrons. The van der Waals surface area contributed by atoms with Crippen molar-refractivity contribution >= 4 is 11.9 Å². The number of aliphatic hydroxyl groups is 1. The van der Waals surface area contributed by atoms with Crippen LogP contribution < -0.4 is 5.32 Å². The fraction of sp³-hybridized carbons (Fsp3) is 0.467. The van der Waals surface area contributed by atoms with Crippen LogP contribution in [-0.4, -0.2) is 59.3 Å². The van der Waals surface area contributed by atoms with Crippen molar-refractivity contribution in [3.05, 3.63) is 35.4 Å². The maximum atomic E-state index is 12.2. The summed E-state index contributed by atoms with van der Waals surface area (Å²) in [6.07, 6.45) is 0.439. The number of rotatable bonds is 5. The second-order valence-corrected chi connectivity index (χ2v) is 5.32. The van der Waals surface area contributed by atoms with E-state index < -0.39 is 12.1 Å². The smallest absolute Gasteiger partial charge is 0.335 e. The molecule has 1 aliphatic rings. The van der Waals surface area contributed by atoms with Crippen molar-refractivity contribution in [2.45, 2.75) is 25.0 Å². The van der Waals surface area contributed by atoms with Crippen molar-refractivity contribution in [1.29, 1.82) is 0 Å². The van der Waals surface area contributed by atoms with E-state index in [-0.39, 0.29) is 17.5 Å². The lowest BCUT2D eigenvalue weighted by atomic mass is 10.0. The Morgan fingerprint density at radius 1 is 1.38 bits per heavy atom. The van der Waals surface area contributed by atoms with E-state index in [1.54, 1.807) is 36.2 Å². The van der Waals surface area contributed by atoms with Crippen LogP contribution in [0.4, 0.5) is 0 Å². The summed E-state index contributed by atoms with van der Waals surface area (Å²) < 4.78 is 0. The van der Waals surface area contributed by atoms with Crippen LogP contribution >= 0.6 is 0 Å². The predicted octanol–water partition coefficient (Wildman–Crippen LogP) is 0.108. The molecule has 0 aliphatic carbocycles. The first-order valence-electron chi connectivity index (χ1n) is 6.96. The average Bonchev–Trinajstić information content (AvgIpc) is 2.90. The van der Waals surface area contributed by atoms with Crippen LogP contribution in [0.1, 0.15) is 22.3 Å². The fourth-order valence-corrected chi connectivity index (χ4v) is 2.52. The molecule has 2 rings (SSSR count). The molecule has 3 N–H and O–H groups in total. The summed E-state index contributed by atoms with van der Waals surface area (Å²) in [5, 5.41) is 21.5. The molecule has 0 spiro atoms. The summed E-state index contributed by atoms with van der Waals surface area (Å²) >= 11 is 0. The summed E-state index contributed by atoms with van der Waals surface area (Å²) in [6, 6.07) is 6.46. The van der Waals surface area contributed by atoms with E-state index in [9.17, 15) is 14.7 Å². The van der Waals surface area contributed by atoms with Gasteiger partial charge in [-0.1, -0.05) is 18.2 Å². The minimum atomic E-state index is -0.958. The molecular weight excluding hydrogens is 272 g/mol. The van der Waals surface area contributed by atoms with Gasteiger partial charge in [0.1, 0.15) is 0 Å². The molecule has 1 fully saturated rings. The lowest BCUT2D eigenvalue weighted by Gasteiger charge is -2.21. The SMILES string of the molecule is CN(CCc1ccccc1C(=O)O)C(=O)C1CC(O)CN1. The van der Waals surface area contributed by atoms with Crippen molar-refractivity contribution < 1.29 is 19.8 Å². The molecule has 2 atom stereocenters. The second-order valence-electron chi connectivity index (χ2n) is 5.32. The molecule has 21 heavy (non-hydrogen) atoms. The topological polar surface area (TPSA) is 89.9 Å². The second kappa shape index (κ2) is 6.69. The number of hydrogen-bond acceptors (Lipinski definition) is 4. The lowest BCUT2D eigenvalue weighted by molar-refractivity contribution is -0.131. The number of nitrogens with zero attached hydrogens (tertiary/aromatic N) is 1. The molecule has 0 bridgehead atoms. The molecule has 1 aromatic carbocycles. The number of β-amino-alcohol motifs (C(OH)–C–C–N with tert-alkyl or cyclic N) is 1. The number of carboxylic acid groups (broad SMARTS) is 1. The van der Waals surface area contributed by atoms with Gasteiger partial charge in [0.15, 0.2) is 0 Å². The van der Waals surface area contributed by atoms with Crippen molar-refractivity contribution in [3.8, 4) is 0 Å². The van der Waals surface area contributed by atoms with Crippen LogP contribution in [0, 0.1) is 0 Å². The van der Waals surface area contributed by atoms with E-state index in [0.29, 0.717) is 31.5 Å². The summed E-state index contributed by atoms with van der Waals surface area (Å²) in [5.74, 6) is -1.03. The van der Waals surface area contributed by atoms with Gasteiger partial charge in [-0.25, -0.2) is 4.79 Å². The molecule has 6 heteroatoms. The van der Waals surface area contributed by atoms with Gasteiger partial charge in [0.2, 0.25) is 5.91 Å². The predicted molar refractivity (Wildman–Crippen MR) is 77.2 cm³/mol. The highest BCUT2D eigenvalue weighted by atomic mass is 16.4. The van der Waals surface area contributed by atoms with Crippen LogP contribution in [-0.2, 0) is 11.2 Å². The quantitative estimate of drug-likeness (QED) is 0.716. The van der Waals surface area contributed by atoms with Crippen molar-refractivity contribution in [2.75, 3.05) is 20.1 Å². The number of carboxylic acids is 1. The summed E-state index contributed by atoms with van der Waals surface area (Å²) in [6.45, 7) is 0.878. The molecule has 0 aromatic heterocycles. The van der Waals surface area contributed by atoms with Gasteiger partial charge in [0.25, 0.3) is 0 Å². The third-order valence-electron chi connectivity index (χ3n) is 3.75. The van der Waals surface area contributed by atoms with Crippen molar-refractivity contribution in [3.63, 3.8) is 0 Å². The Hall–Kier alpha value is -1.92. The maximum absolute atomic E-state index is 12.2. The number of likely N-dealkylation sites (N-methyl/N-ethyl adjacent to an activating group) is 1. The zero-order valence-corrected chi connectivity index (χ0v) is 12.0. The number of nitrogens with one attached hydrogen (secondary N) is 1. The van der Waals surface area contributed by atoms with Crippen LogP contribution in [0.25, 0.3) is 0 Å². The van der Waals surface area contributed by atoms with Gasteiger partial charge >= 0.3 is 5.97 Å². The van der Waals surface area contributed by atoms with E-state index in [1.807, 2.05) is 0 Å². The van der Waals surface area contributed by atoms with Gasteiger partial charge in [-0.15, -0.1) is 0 Å². The molecule has 0 radical (unpaired) electrons. The Morgan fingerprint density at radius 3 is 2.71 bits per heavy atom. The highest BCUT2D eigenvalue weighted by molar-refractivity contribution is 5.89. The van der Waals surface area contributed by atoms with Gasteiger partial charge in [0.05, 0.1) is 17.7 Å². The number of carbonyl (C=O) groups is 2. The standard InChI is InChI=1S/C15H20N2O4/c1-17(14(19)13-8-11(18)9-16-13)7-6-10-4-2-3-5-12(10)15(20)21/h2-5,11,13,16,18H,6-9H2,1H3,(H,20,21). The third kappa shape index (κ3) is 3.80. The molecule has 1 aliphatic heterocycles. The Balaban J connectivity index is 1.93. The van der Waals surface area contributed by atoms with Gasteiger partial charge < -0.3 is 20.4 Å². The normalized spacial score (nSPS) is 21.2. The molecule has 0 saturated carbocycles. The Kier molecular flexibility index (Phi) is 4.93. The first kappa shape index (κ1) is 15.5. The van der Waals surface area contributed by atoms with Crippen LogP contribution in [0.2, 0.25) is 0 Å². The molecule has 6 nitrogen and oxygen atoms in total. The summed E-state index contributed by atoms with van der Waals surface area (Å²) in [7, 11) is 1.69.